The van der Waals surface area contributed by atoms with Crippen molar-refractivity contribution in [2.75, 3.05) is 19.8 Å². The topological polar surface area (TPSA) is 82.5 Å². The van der Waals surface area contributed by atoms with E-state index in [1.54, 1.807) is 11.6 Å². The Bertz CT molecular complexity index is 1230. The van der Waals surface area contributed by atoms with Crippen LogP contribution in [0.15, 0.2) is 59.4 Å². The average Bonchev–Trinajstić information content (AvgIpc) is 3.33. The normalized spacial score (nSPS) is 16.4. The molecule has 0 bridgehead atoms. The summed E-state index contributed by atoms with van der Waals surface area (Å²) >= 11 is 0. The highest BCUT2D eigenvalue weighted by molar-refractivity contribution is 5.92. The molecular weight excluding hydrogens is 418 g/mol. The Hall–Kier alpha value is -3.61. The van der Waals surface area contributed by atoms with E-state index in [-0.39, 0.29) is 16.5 Å². The van der Waals surface area contributed by atoms with E-state index in [0.717, 1.165) is 48.4 Å². The van der Waals surface area contributed by atoms with Gasteiger partial charge in [-0.25, -0.2) is 4.68 Å². The predicted molar refractivity (Wildman–Crippen MR) is 124 cm³/mol. The molecule has 0 saturated heterocycles. The molecule has 1 saturated carbocycles. The van der Waals surface area contributed by atoms with Gasteiger partial charge in [0.2, 0.25) is 5.43 Å². The molecule has 0 atom stereocenters. The lowest BCUT2D eigenvalue weighted by molar-refractivity contribution is 0.0935. The van der Waals surface area contributed by atoms with Gasteiger partial charge < -0.3 is 14.8 Å². The number of ether oxygens (including phenoxy) is 2. The lowest BCUT2D eigenvalue weighted by Gasteiger charge is -2.31. The quantitative estimate of drug-likeness (QED) is 0.650. The van der Waals surface area contributed by atoms with Crippen molar-refractivity contribution in [3.8, 4) is 17.2 Å². The first-order valence-corrected chi connectivity index (χ1v) is 11.4. The van der Waals surface area contributed by atoms with E-state index < -0.39 is 5.91 Å². The molecule has 2 aliphatic rings. The summed E-state index contributed by atoms with van der Waals surface area (Å²) < 4.78 is 13.1. The number of carbonyl (C=O) groups is 1. The van der Waals surface area contributed by atoms with Gasteiger partial charge in [0.15, 0.2) is 17.2 Å². The number of nitrogens with one attached hydrogen (secondary N) is 1. The molecule has 7 nitrogen and oxygen atoms in total. The second kappa shape index (κ2) is 8.73. The molecule has 170 valence electrons. The van der Waals surface area contributed by atoms with E-state index in [9.17, 15) is 9.59 Å². The first-order chi connectivity index (χ1) is 16.1. The van der Waals surface area contributed by atoms with Crippen molar-refractivity contribution in [1.82, 2.24) is 15.1 Å². The highest BCUT2D eigenvalue weighted by Gasteiger charge is 2.37. The minimum absolute atomic E-state index is 0.0974. The Morgan fingerprint density at radius 3 is 2.52 bits per heavy atom. The first-order valence-electron chi connectivity index (χ1n) is 11.4. The van der Waals surface area contributed by atoms with Crippen molar-refractivity contribution < 1.29 is 14.3 Å². The van der Waals surface area contributed by atoms with Gasteiger partial charge in [-0.3, -0.25) is 9.59 Å². The molecule has 1 aliphatic heterocycles. The molecule has 7 heteroatoms. The number of carbonyl (C=O) groups excluding carboxylic acids is 1. The number of fused-ring (bicyclic) bond motifs is 1. The molecule has 5 rings (SSSR count). The van der Waals surface area contributed by atoms with Gasteiger partial charge in [0.05, 0.1) is 5.69 Å². The lowest BCUT2D eigenvalue weighted by Crippen LogP contribution is -2.41. The fraction of sp³-hybridized carbons (Fsp3) is 0.346. The number of nitrogens with zero attached hydrogens (tertiary/aromatic N) is 2. The van der Waals surface area contributed by atoms with Crippen LogP contribution in [0.2, 0.25) is 0 Å². The van der Waals surface area contributed by atoms with Gasteiger partial charge in [0.1, 0.15) is 13.2 Å². The van der Waals surface area contributed by atoms with E-state index in [1.165, 1.54) is 6.07 Å². The molecular formula is C26H27N3O4. The number of benzene rings is 2. The van der Waals surface area contributed by atoms with Crippen LogP contribution in [0.5, 0.6) is 11.5 Å². The van der Waals surface area contributed by atoms with Crippen LogP contribution in [0, 0.1) is 6.92 Å². The third-order valence-electron chi connectivity index (χ3n) is 6.63. The van der Waals surface area contributed by atoms with Crippen molar-refractivity contribution in [1.29, 1.82) is 0 Å². The van der Waals surface area contributed by atoms with Gasteiger partial charge in [-0.2, -0.15) is 5.10 Å². The lowest BCUT2D eigenvalue weighted by atomic mass is 9.78. The SMILES string of the molecule is Cc1cc(=O)c(C(=O)NCC2(c3ccc4c(c3)OCCO4)CCCC2)nn1-c1ccccc1. The fourth-order valence-corrected chi connectivity index (χ4v) is 4.86. The summed E-state index contributed by atoms with van der Waals surface area (Å²) in [6.45, 7) is 3.33. The van der Waals surface area contributed by atoms with Gasteiger partial charge in [0, 0.05) is 23.7 Å². The summed E-state index contributed by atoms with van der Waals surface area (Å²) in [4.78, 5) is 25.7. The van der Waals surface area contributed by atoms with E-state index in [2.05, 4.69) is 16.5 Å². The van der Waals surface area contributed by atoms with Crippen LogP contribution in [0.3, 0.4) is 0 Å². The van der Waals surface area contributed by atoms with Crippen LogP contribution < -0.4 is 20.2 Å². The van der Waals surface area contributed by atoms with Gasteiger partial charge >= 0.3 is 0 Å². The Labute approximate surface area is 192 Å². The highest BCUT2D eigenvalue weighted by Crippen LogP contribution is 2.43. The Morgan fingerprint density at radius 1 is 1.03 bits per heavy atom. The second-order valence-corrected chi connectivity index (χ2v) is 8.77. The number of aryl methyl sites for hydroxylation is 1. The molecule has 1 aromatic heterocycles. The van der Waals surface area contributed by atoms with Crippen LogP contribution in [0.25, 0.3) is 5.69 Å². The van der Waals surface area contributed by atoms with Crippen LogP contribution in [0.4, 0.5) is 0 Å². The molecule has 0 radical (unpaired) electrons. The summed E-state index contributed by atoms with van der Waals surface area (Å²) in [7, 11) is 0. The predicted octanol–water partition coefficient (Wildman–Crippen LogP) is 3.55. The van der Waals surface area contributed by atoms with Crippen molar-refractivity contribution >= 4 is 5.91 Å². The Kier molecular flexibility index (Phi) is 5.62. The first kappa shape index (κ1) is 21.2. The van der Waals surface area contributed by atoms with Gasteiger partial charge in [-0.15, -0.1) is 0 Å². The van der Waals surface area contributed by atoms with E-state index in [4.69, 9.17) is 9.47 Å². The Balaban J connectivity index is 1.40. The second-order valence-electron chi connectivity index (χ2n) is 8.77. The molecule has 1 amide bonds. The van der Waals surface area contributed by atoms with Crippen LogP contribution in [0.1, 0.15) is 47.4 Å². The Morgan fingerprint density at radius 2 is 1.76 bits per heavy atom. The third kappa shape index (κ3) is 4.11. The summed E-state index contributed by atoms with van der Waals surface area (Å²) in [5, 5.41) is 7.41. The maximum atomic E-state index is 13.1. The zero-order valence-electron chi connectivity index (χ0n) is 18.7. The molecule has 33 heavy (non-hydrogen) atoms. The van der Waals surface area contributed by atoms with E-state index in [1.807, 2.05) is 42.5 Å². The smallest absolute Gasteiger partial charge is 0.275 e. The monoisotopic (exact) mass is 445 g/mol. The number of aromatic nitrogens is 2. The number of amides is 1. The fourth-order valence-electron chi connectivity index (χ4n) is 4.86. The molecule has 2 aromatic carbocycles. The van der Waals surface area contributed by atoms with Crippen molar-refractivity contribution in [3.05, 3.63) is 81.8 Å². The zero-order valence-corrected chi connectivity index (χ0v) is 18.7. The molecule has 1 N–H and O–H groups in total. The van der Waals surface area contributed by atoms with Crippen molar-refractivity contribution in [2.45, 2.75) is 38.0 Å². The molecule has 0 spiro atoms. The third-order valence-corrected chi connectivity index (χ3v) is 6.63. The van der Waals surface area contributed by atoms with E-state index >= 15 is 0 Å². The number of hydrogen-bond donors (Lipinski definition) is 1. The average molecular weight is 446 g/mol. The van der Waals surface area contributed by atoms with Crippen LogP contribution in [-0.4, -0.2) is 35.4 Å². The van der Waals surface area contributed by atoms with Gasteiger partial charge in [-0.1, -0.05) is 37.1 Å². The maximum Gasteiger partial charge on any atom is 0.275 e. The summed E-state index contributed by atoms with van der Waals surface area (Å²) in [5.74, 6) is 1.06. The minimum Gasteiger partial charge on any atom is -0.486 e. The number of hydrogen-bond acceptors (Lipinski definition) is 5. The molecule has 1 fully saturated rings. The minimum atomic E-state index is -0.450. The van der Waals surface area contributed by atoms with Crippen LogP contribution >= 0.6 is 0 Å². The largest absolute Gasteiger partial charge is 0.486 e. The zero-order chi connectivity index (χ0) is 22.8. The molecule has 0 unspecified atom stereocenters. The molecule has 2 heterocycles. The number of rotatable bonds is 5. The van der Waals surface area contributed by atoms with Crippen molar-refractivity contribution in [3.63, 3.8) is 0 Å². The summed E-state index contributed by atoms with van der Waals surface area (Å²) in [6, 6.07) is 17.0. The number of para-hydroxylation sites is 1. The van der Waals surface area contributed by atoms with E-state index in [0.29, 0.717) is 25.5 Å². The van der Waals surface area contributed by atoms with Gasteiger partial charge in [0.25, 0.3) is 5.91 Å². The van der Waals surface area contributed by atoms with Crippen molar-refractivity contribution in [2.24, 2.45) is 0 Å². The molecule has 3 aromatic rings. The summed E-state index contributed by atoms with van der Waals surface area (Å²) in [5.41, 5.74) is 1.92. The summed E-state index contributed by atoms with van der Waals surface area (Å²) in [6.07, 6.45) is 4.10. The highest BCUT2D eigenvalue weighted by atomic mass is 16.6. The molecule has 1 aliphatic carbocycles. The van der Waals surface area contributed by atoms with Crippen LogP contribution in [-0.2, 0) is 5.41 Å². The van der Waals surface area contributed by atoms with Gasteiger partial charge in [-0.05, 0) is 49.6 Å². The maximum absolute atomic E-state index is 13.1. The standard InChI is InChI=1S/C26H27N3O4/c1-18-15-21(30)24(28-29(18)20-7-3-2-4-8-20)25(31)27-17-26(11-5-6-12-26)19-9-10-22-23(16-19)33-14-13-32-22/h2-4,7-10,15-16H,5-6,11-14,17H2,1H3,(H,27,31).